The monoisotopic (exact) mass is 557 g/mol. The molecule has 5 rings (SSSR count). The summed E-state index contributed by atoms with van der Waals surface area (Å²) in [6.07, 6.45) is 2.77. The molecule has 1 fully saturated rings. The Morgan fingerprint density at radius 2 is 1.87 bits per heavy atom. The number of carbonyl (C=O) groups excluding carboxylic acids is 1. The highest BCUT2D eigenvalue weighted by Gasteiger charge is 2.24. The van der Waals surface area contributed by atoms with E-state index < -0.39 is 22.0 Å². The molecule has 10 nitrogen and oxygen atoms in total. The molecule has 0 aliphatic carbocycles. The number of aromatic nitrogens is 2. The third-order valence-electron chi connectivity index (χ3n) is 6.43. The lowest BCUT2D eigenvalue weighted by molar-refractivity contribution is 0.0909. The number of imidazole rings is 1. The molecule has 1 aliphatic rings. The number of furan rings is 1. The van der Waals surface area contributed by atoms with Gasteiger partial charge in [0.1, 0.15) is 17.4 Å². The first kappa shape index (κ1) is 26.2. The van der Waals surface area contributed by atoms with Crippen molar-refractivity contribution >= 4 is 44.2 Å². The van der Waals surface area contributed by atoms with E-state index in [-0.39, 0.29) is 12.3 Å². The van der Waals surface area contributed by atoms with Crippen LogP contribution >= 0.6 is 11.6 Å². The minimum atomic E-state index is -3.52. The maximum absolute atomic E-state index is 13.1. The van der Waals surface area contributed by atoms with E-state index in [0.717, 1.165) is 36.3 Å². The number of anilines is 1. The smallest absolute Gasteiger partial charge is 0.287 e. The number of rotatable bonds is 8. The molecule has 2 aromatic carbocycles. The fourth-order valence-corrected chi connectivity index (χ4v) is 5.13. The Morgan fingerprint density at radius 3 is 2.58 bits per heavy atom. The molecule has 3 heterocycles. The molecule has 12 heteroatoms. The van der Waals surface area contributed by atoms with Crippen LogP contribution in [0.3, 0.4) is 0 Å². The van der Waals surface area contributed by atoms with E-state index in [1.807, 2.05) is 23.7 Å². The molecule has 2 aromatic heterocycles. The number of fused-ring (bicyclic) bond motifs is 1. The van der Waals surface area contributed by atoms with Gasteiger partial charge in [0, 0.05) is 42.8 Å². The summed E-state index contributed by atoms with van der Waals surface area (Å²) < 4.78 is 39.1. The van der Waals surface area contributed by atoms with Gasteiger partial charge in [-0.15, -0.1) is 0 Å². The fourth-order valence-electron chi connectivity index (χ4n) is 4.48. The van der Waals surface area contributed by atoms with Gasteiger partial charge in [0.15, 0.2) is 5.76 Å². The number of carbonyl (C=O) groups is 1. The van der Waals surface area contributed by atoms with Crippen LogP contribution in [0.15, 0.2) is 59.1 Å². The molecule has 1 saturated heterocycles. The number of benzene rings is 2. The number of morpholine rings is 1. The highest BCUT2D eigenvalue weighted by atomic mass is 35.5. The third kappa shape index (κ3) is 5.86. The molecule has 4 aromatic rings. The maximum atomic E-state index is 13.1. The topological polar surface area (TPSA) is 119 Å². The molecule has 0 radical (unpaired) electrons. The highest BCUT2D eigenvalue weighted by molar-refractivity contribution is 7.88. The summed E-state index contributed by atoms with van der Waals surface area (Å²) in [7, 11) is -1.69. The van der Waals surface area contributed by atoms with E-state index in [1.165, 1.54) is 0 Å². The second-order valence-electron chi connectivity index (χ2n) is 9.15. The first-order valence-corrected chi connectivity index (χ1v) is 14.3. The summed E-state index contributed by atoms with van der Waals surface area (Å²) in [5.74, 6) is 0.0673. The second-order valence-corrected chi connectivity index (χ2v) is 11.4. The molecule has 1 atom stereocenters. The molecule has 0 spiro atoms. The van der Waals surface area contributed by atoms with Crippen molar-refractivity contribution in [2.75, 3.05) is 44.0 Å². The van der Waals surface area contributed by atoms with Gasteiger partial charge in [-0.3, -0.25) is 4.79 Å². The molecule has 2 N–H and O–H groups in total. The Labute approximate surface area is 225 Å². The molecule has 0 saturated carbocycles. The van der Waals surface area contributed by atoms with Crippen LogP contribution in [0.4, 0.5) is 5.69 Å². The molecule has 1 unspecified atom stereocenters. The van der Waals surface area contributed by atoms with Gasteiger partial charge in [-0.25, -0.2) is 18.1 Å². The van der Waals surface area contributed by atoms with E-state index in [4.69, 9.17) is 20.8 Å². The number of nitrogens with zero attached hydrogens (tertiary/aromatic N) is 3. The summed E-state index contributed by atoms with van der Waals surface area (Å²) in [5.41, 5.74) is 3.41. The summed E-state index contributed by atoms with van der Waals surface area (Å²) in [6, 6.07) is 14.1. The van der Waals surface area contributed by atoms with Crippen molar-refractivity contribution in [2.45, 2.75) is 6.04 Å². The van der Waals surface area contributed by atoms with Crippen LogP contribution in [0.5, 0.6) is 0 Å². The van der Waals surface area contributed by atoms with Gasteiger partial charge in [-0.2, -0.15) is 0 Å². The van der Waals surface area contributed by atoms with Gasteiger partial charge in [0.25, 0.3) is 5.91 Å². The second kappa shape index (κ2) is 10.8. The lowest BCUT2D eigenvalue weighted by Crippen LogP contribution is -2.38. The summed E-state index contributed by atoms with van der Waals surface area (Å²) in [4.78, 5) is 19.9. The lowest BCUT2D eigenvalue weighted by Gasteiger charge is -2.28. The van der Waals surface area contributed by atoms with E-state index in [2.05, 4.69) is 32.1 Å². The van der Waals surface area contributed by atoms with Crippen molar-refractivity contribution in [3.05, 3.63) is 71.3 Å². The van der Waals surface area contributed by atoms with Gasteiger partial charge in [0.2, 0.25) is 10.0 Å². The molecule has 1 aliphatic heterocycles. The largest absolute Gasteiger partial charge is 0.451 e. The SMILES string of the molecule is Cn1c(-c2ccc(N3CCOCC3)cc2)cnc1C(CNS(C)(=O)=O)NC(=O)c1cc2cc(Cl)ccc2o1. The summed E-state index contributed by atoms with van der Waals surface area (Å²) >= 11 is 6.05. The van der Waals surface area contributed by atoms with Crippen LogP contribution in [-0.4, -0.2) is 63.0 Å². The number of hydrogen-bond acceptors (Lipinski definition) is 7. The van der Waals surface area contributed by atoms with Crippen LogP contribution in [0, 0.1) is 0 Å². The van der Waals surface area contributed by atoms with Crippen molar-refractivity contribution in [1.29, 1.82) is 0 Å². The standard InChI is InChI=1S/C26H28ClN5O5S/c1-31-22(17-3-6-20(7-4-17)32-9-11-36-12-10-32)16-28-25(31)21(15-29-38(2,34)35)30-26(33)24-14-18-13-19(27)5-8-23(18)37-24/h3-8,13-14,16,21,29H,9-12,15H2,1-2H3,(H,30,33). The Bertz CT molecular complexity index is 1560. The Hall–Kier alpha value is -3.38. The number of nitrogens with one attached hydrogen (secondary N) is 2. The number of ether oxygens (including phenoxy) is 1. The van der Waals surface area contributed by atoms with E-state index in [0.29, 0.717) is 35.0 Å². The Balaban J connectivity index is 1.39. The van der Waals surface area contributed by atoms with Gasteiger partial charge >= 0.3 is 0 Å². The molecule has 200 valence electrons. The zero-order chi connectivity index (χ0) is 26.9. The van der Waals surface area contributed by atoms with Crippen LogP contribution in [0.1, 0.15) is 22.4 Å². The van der Waals surface area contributed by atoms with Crippen LogP contribution in [-0.2, 0) is 21.8 Å². The average Bonchev–Trinajstić information content (AvgIpc) is 3.50. The number of hydrogen-bond donors (Lipinski definition) is 2. The van der Waals surface area contributed by atoms with Gasteiger partial charge in [-0.05, 0) is 42.0 Å². The average molecular weight is 558 g/mol. The fraction of sp³-hybridized carbons (Fsp3) is 0.308. The molecular formula is C26H28ClN5O5S. The van der Waals surface area contributed by atoms with E-state index in [9.17, 15) is 13.2 Å². The first-order chi connectivity index (χ1) is 18.2. The molecule has 0 bridgehead atoms. The predicted molar refractivity (Wildman–Crippen MR) is 146 cm³/mol. The van der Waals surface area contributed by atoms with Crippen molar-refractivity contribution in [2.24, 2.45) is 7.05 Å². The third-order valence-corrected chi connectivity index (χ3v) is 7.36. The number of sulfonamides is 1. The normalized spacial score (nSPS) is 15.1. The van der Waals surface area contributed by atoms with Crippen molar-refractivity contribution < 1.29 is 22.4 Å². The predicted octanol–water partition coefficient (Wildman–Crippen LogP) is 3.34. The molecule has 1 amide bonds. The maximum Gasteiger partial charge on any atom is 0.287 e. The van der Waals surface area contributed by atoms with Crippen LogP contribution in [0.25, 0.3) is 22.2 Å². The Morgan fingerprint density at radius 1 is 1.13 bits per heavy atom. The molecular weight excluding hydrogens is 530 g/mol. The zero-order valence-electron chi connectivity index (χ0n) is 21.0. The number of amides is 1. The molecule has 38 heavy (non-hydrogen) atoms. The minimum absolute atomic E-state index is 0.0831. The Kier molecular flexibility index (Phi) is 7.44. The highest BCUT2D eigenvalue weighted by Crippen LogP contribution is 2.27. The summed E-state index contributed by atoms with van der Waals surface area (Å²) in [6.45, 7) is 3.04. The van der Waals surface area contributed by atoms with Crippen molar-refractivity contribution in [3.8, 4) is 11.3 Å². The van der Waals surface area contributed by atoms with Gasteiger partial charge < -0.3 is 23.9 Å². The van der Waals surface area contributed by atoms with E-state index >= 15 is 0 Å². The van der Waals surface area contributed by atoms with Gasteiger partial charge in [0.05, 0.1) is 31.4 Å². The van der Waals surface area contributed by atoms with Crippen LogP contribution < -0.4 is 14.9 Å². The van der Waals surface area contributed by atoms with Crippen molar-refractivity contribution in [1.82, 2.24) is 19.6 Å². The lowest BCUT2D eigenvalue weighted by atomic mass is 10.1. The zero-order valence-corrected chi connectivity index (χ0v) is 22.6. The first-order valence-electron chi connectivity index (χ1n) is 12.1. The quantitative estimate of drug-likeness (QED) is 0.341. The summed E-state index contributed by atoms with van der Waals surface area (Å²) in [5, 5.41) is 4.08. The van der Waals surface area contributed by atoms with E-state index in [1.54, 1.807) is 30.5 Å². The van der Waals surface area contributed by atoms with Gasteiger partial charge in [-0.1, -0.05) is 23.7 Å². The van der Waals surface area contributed by atoms with Crippen LogP contribution in [0.2, 0.25) is 5.02 Å². The van der Waals surface area contributed by atoms with Crippen molar-refractivity contribution in [3.63, 3.8) is 0 Å². The minimum Gasteiger partial charge on any atom is -0.451 e. The number of halogens is 1.